The van der Waals surface area contributed by atoms with Gasteiger partial charge in [-0.25, -0.2) is 4.98 Å². The smallest absolute Gasteiger partial charge is 0.281 e. The molecule has 0 N–H and O–H groups in total. The van der Waals surface area contributed by atoms with E-state index in [2.05, 4.69) is 38.8 Å². The van der Waals surface area contributed by atoms with Gasteiger partial charge in [0.2, 0.25) is 0 Å². The fourth-order valence-electron chi connectivity index (χ4n) is 4.38. The van der Waals surface area contributed by atoms with Gasteiger partial charge in [-0.2, -0.15) is 4.98 Å². The molecule has 0 spiro atoms. The molecule has 5 rings (SSSR count). The summed E-state index contributed by atoms with van der Waals surface area (Å²) in [6.07, 6.45) is 4.21. The van der Waals surface area contributed by atoms with Crippen molar-refractivity contribution in [2.24, 2.45) is 0 Å². The van der Waals surface area contributed by atoms with Gasteiger partial charge in [-0.15, -0.1) is 0 Å². The SMILES string of the molecule is CCN1C[C@@H]2C[C@H]1CN2CCc1ccc(Oc2nc3ncccc3s2)cc1. The zero-order chi connectivity index (χ0) is 18.2. The van der Waals surface area contributed by atoms with Crippen LogP contribution in [0.5, 0.6) is 10.9 Å². The molecule has 0 unspecified atom stereocenters. The first-order chi connectivity index (χ1) is 13.3. The Morgan fingerprint density at radius 1 is 1.11 bits per heavy atom. The number of fused-ring (bicyclic) bond motifs is 3. The van der Waals surface area contributed by atoms with Crippen molar-refractivity contribution in [2.75, 3.05) is 26.2 Å². The normalized spacial score (nSPS) is 22.7. The number of benzene rings is 1. The monoisotopic (exact) mass is 380 g/mol. The highest BCUT2D eigenvalue weighted by Gasteiger charge is 2.41. The Hall–Kier alpha value is -2.02. The van der Waals surface area contributed by atoms with Crippen molar-refractivity contribution in [3.8, 4) is 10.9 Å². The Kier molecular flexibility index (Phi) is 4.55. The van der Waals surface area contributed by atoms with Crippen LogP contribution in [0.2, 0.25) is 0 Å². The van der Waals surface area contributed by atoms with Crippen LogP contribution in [0.1, 0.15) is 18.9 Å². The maximum atomic E-state index is 5.91. The molecule has 2 aromatic heterocycles. The van der Waals surface area contributed by atoms with Crippen LogP contribution in [0.3, 0.4) is 0 Å². The van der Waals surface area contributed by atoms with Crippen LogP contribution in [0.25, 0.3) is 10.3 Å². The van der Waals surface area contributed by atoms with Crippen LogP contribution in [-0.2, 0) is 6.42 Å². The van der Waals surface area contributed by atoms with Crippen molar-refractivity contribution in [3.63, 3.8) is 0 Å². The van der Waals surface area contributed by atoms with Crippen LogP contribution in [0.15, 0.2) is 42.6 Å². The number of hydrogen-bond acceptors (Lipinski definition) is 6. The van der Waals surface area contributed by atoms with E-state index >= 15 is 0 Å². The maximum Gasteiger partial charge on any atom is 0.281 e. The molecule has 4 heterocycles. The van der Waals surface area contributed by atoms with Gasteiger partial charge >= 0.3 is 0 Å². The lowest BCUT2D eigenvalue weighted by atomic mass is 10.1. The largest absolute Gasteiger partial charge is 0.431 e. The molecule has 140 valence electrons. The molecular formula is C21H24N4OS. The third-order valence-corrected chi connectivity index (χ3v) is 6.72. The van der Waals surface area contributed by atoms with Gasteiger partial charge in [0.05, 0.1) is 4.70 Å². The predicted octanol–water partition coefficient (Wildman–Crippen LogP) is 3.80. The summed E-state index contributed by atoms with van der Waals surface area (Å²) in [7, 11) is 0. The lowest BCUT2D eigenvalue weighted by Gasteiger charge is -2.33. The predicted molar refractivity (Wildman–Crippen MR) is 109 cm³/mol. The standard InChI is InChI=1S/C21H24N4OS/c1-2-24-13-17-12-16(24)14-25(17)11-9-15-5-7-18(8-6-15)26-21-23-20-19(27-21)4-3-10-22-20/h3-8,10,16-17H,2,9,11-14H2,1H3/t16-,17-/m0/s1. The number of rotatable bonds is 6. The van der Waals surface area contributed by atoms with E-state index < -0.39 is 0 Å². The molecule has 27 heavy (non-hydrogen) atoms. The van der Waals surface area contributed by atoms with E-state index in [0.717, 1.165) is 41.1 Å². The van der Waals surface area contributed by atoms with Gasteiger partial charge in [0.15, 0.2) is 5.65 Å². The second-order valence-electron chi connectivity index (χ2n) is 7.43. The molecule has 0 saturated carbocycles. The number of aromatic nitrogens is 2. The number of thiazole rings is 1. The third kappa shape index (κ3) is 3.45. The maximum absolute atomic E-state index is 5.91. The summed E-state index contributed by atoms with van der Waals surface area (Å²) in [5.41, 5.74) is 2.11. The van der Waals surface area contributed by atoms with Gasteiger partial charge in [-0.05, 0) is 49.2 Å². The first kappa shape index (κ1) is 17.1. The fourth-order valence-corrected chi connectivity index (χ4v) is 5.18. The average molecular weight is 381 g/mol. The van der Waals surface area contributed by atoms with Crippen molar-refractivity contribution >= 4 is 21.7 Å². The van der Waals surface area contributed by atoms with Gasteiger partial charge in [0.25, 0.3) is 5.19 Å². The topological polar surface area (TPSA) is 41.5 Å². The number of likely N-dealkylation sites (N-methyl/N-ethyl adjacent to an activating group) is 1. The molecule has 6 heteroatoms. The summed E-state index contributed by atoms with van der Waals surface area (Å²) in [4.78, 5) is 14.0. The van der Waals surface area contributed by atoms with Crippen LogP contribution in [0, 0.1) is 0 Å². The number of nitrogens with zero attached hydrogens (tertiary/aromatic N) is 4. The molecule has 2 bridgehead atoms. The molecule has 2 saturated heterocycles. The van der Waals surface area contributed by atoms with Crippen LogP contribution in [0.4, 0.5) is 0 Å². The molecule has 0 radical (unpaired) electrons. The Labute approximate surface area is 163 Å². The number of ether oxygens (including phenoxy) is 1. The second kappa shape index (κ2) is 7.19. The minimum atomic E-state index is 0.644. The van der Waals surface area contributed by atoms with E-state index in [1.807, 2.05) is 24.3 Å². The Bertz CT molecular complexity index is 892. The lowest BCUT2D eigenvalue weighted by molar-refractivity contribution is 0.134. The lowest BCUT2D eigenvalue weighted by Crippen LogP contribution is -2.46. The van der Waals surface area contributed by atoms with Gasteiger partial charge in [0, 0.05) is 37.9 Å². The first-order valence-corrected chi connectivity index (χ1v) is 10.6. The molecule has 3 aromatic rings. The Morgan fingerprint density at radius 3 is 2.67 bits per heavy atom. The molecule has 2 fully saturated rings. The highest BCUT2D eigenvalue weighted by atomic mass is 32.1. The summed E-state index contributed by atoms with van der Waals surface area (Å²) in [5.74, 6) is 0.830. The van der Waals surface area contributed by atoms with Crippen molar-refractivity contribution in [2.45, 2.75) is 31.8 Å². The van der Waals surface area contributed by atoms with Crippen molar-refractivity contribution < 1.29 is 4.74 Å². The van der Waals surface area contributed by atoms with Crippen molar-refractivity contribution in [1.29, 1.82) is 0 Å². The second-order valence-corrected chi connectivity index (χ2v) is 8.42. The third-order valence-electron chi connectivity index (χ3n) is 5.84. The molecule has 2 aliphatic rings. The molecule has 0 amide bonds. The first-order valence-electron chi connectivity index (χ1n) is 9.75. The molecular weight excluding hydrogens is 356 g/mol. The van der Waals surface area contributed by atoms with E-state index in [9.17, 15) is 0 Å². The zero-order valence-corrected chi connectivity index (χ0v) is 16.4. The van der Waals surface area contributed by atoms with Gasteiger partial charge < -0.3 is 4.74 Å². The number of hydrogen-bond donors (Lipinski definition) is 0. The van der Waals surface area contributed by atoms with Crippen LogP contribution >= 0.6 is 11.3 Å². The summed E-state index contributed by atoms with van der Waals surface area (Å²) >= 11 is 1.53. The molecule has 1 aromatic carbocycles. The quantitative estimate of drug-likeness (QED) is 0.651. The van der Waals surface area contributed by atoms with E-state index in [-0.39, 0.29) is 0 Å². The minimum absolute atomic E-state index is 0.644. The molecule has 5 nitrogen and oxygen atoms in total. The number of likely N-dealkylation sites (tertiary alicyclic amines) is 2. The highest BCUT2D eigenvalue weighted by molar-refractivity contribution is 7.20. The van der Waals surface area contributed by atoms with E-state index in [1.54, 1.807) is 6.20 Å². The van der Waals surface area contributed by atoms with E-state index in [0.29, 0.717) is 5.19 Å². The fraction of sp³-hybridized carbons (Fsp3) is 0.429. The van der Waals surface area contributed by atoms with Crippen LogP contribution < -0.4 is 4.74 Å². The van der Waals surface area contributed by atoms with Gasteiger partial charge in [-0.3, -0.25) is 9.80 Å². The van der Waals surface area contributed by atoms with Gasteiger partial charge in [-0.1, -0.05) is 30.4 Å². The van der Waals surface area contributed by atoms with Crippen molar-refractivity contribution in [3.05, 3.63) is 48.2 Å². The van der Waals surface area contributed by atoms with E-state index in [1.165, 1.54) is 43.0 Å². The minimum Gasteiger partial charge on any atom is -0.431 e. The highest BCUT2D eigenvalue weighted by Crippen LogP contribution is 2.31. The summed E-state index contributed by atoms with van der Waals surface area (Å²) in [5, 5.41) is 0.644. The van der Waals surface area contributed by atoms with Crippen LogP contribution in [-0.4, -0.2) is 58.0 Å². The summed E-state index contributed by atoms with van der Waals surface area (Å²) < 4.78 is 6.96. The Morgan fingerprint density at radius 2 is 1.93 bits per heavy atom. The molecule has 0 aliphatic carbocycles. The van der Waals surface area contributed by atoms with Gasteiger partial charge in [0.1, 0.15) is 5.75 Å². The number of piperazine rings is 1. The number of pyridine rings is 1. The average Bonchev–Trinajstić information content (AvgIpc) is 3.40. The van der Waals surface area contributed by atoms with E-state index in [4.69, 9.17) is 4.74 Å². The Balaban J connectivity index is 1.17. The van der Waals surface area contributed by atoms with Crippen molar-refractivity contribution in [1.82, 2.24) is 19.8 Å². The molecule has 2 atom stereocenters. The summed E-state index contributed by atoms with van der Waals surface area (Å²) in [6, 6.07) is 13.9. The molecule has 2 aliphatic heterocycles. The zero-order valence-electron chi connectivity index (χ0n) is 15.5. The summed E-state index contributed by atoms with van der Waals surface area (Å²) in [6.45, 7) is 7.12.